The zero-order valence-corrected chi connectivity index (χ0v) is 19.2. The molecular weight excluding hydrogens is 450 g/mol. The lowest BCUT2D eigenvalue weighted by Crippen LogP contribution is -2.39. The van der Waals surface area contributed by atoms with Gasteiger partial charge in [0.25, 0.3) is 17.5 Å². The van der Waals surface area contributed by atoms with E-state index in [9.17, 15) is 19.7 Å². The van der Waals surface area contributed by atoms with E-state index in [1.165, 1.54) is 29.8 Å². The summed E-state index contributed by atoms with van der Waals surface area (Å²) in [5.74, 6) is 0.738. The van der Waals surface area contributed by atoms with Crippen molar-refractivity contribution in [2.45, 2.75) is 19.8 Å². The van der Waals surface area contributed by atoms with Crippen LogP contribution in [0, 0.1) is 10.1 Å². The Hall–Kier alpha value is -4.40. The molecule has 180 valence electrons. The van der Waals surface area contributed by atoms with Crippen molar-refractivity contribution >= 4 is 28.9 Å². The summed E-state index contributed by atoms with van der Waals surface area (Å²) in [6, 6.07) is 18.3. The molecule has 0 spiro atoms. The number of nitrogens with one attached hydrogen (secondary N) is 1. The van der Waals surface area contributed by atoms with Gasteiger partial charge in [0.05, 0.1) is 17.2 Å². The van der Waals surface area contributed by atoms with Crippen LogP contribution < -0.4 is 19.7 Å². The van der Waals surface area contributed by atoms with Crippen molar-refractivity contribution in [3.05, 3.63) is 88.0 Å². The lowest BCUT2D eigenvalue weighted by Gasteiger charge is -2.30. The predicted molar refractivity (Wildman–Crippen MR) is 131 cm³/mol. The molecule has 0 radical (unpaired) electrons. The first-order chi connectivity index (χ1) is 16.9. The average Bonchev–Trinajstić information content (AvgIpc) is 2.88. The number of benzene rings is 3. The third-order valence-electron chi connectivity index (χ3n) is 5.63. The van der Waals surface area contributed by atoms with Crippen LogP contribution in [0.4, 0.5) is 17.1 Å². The molecule has 0 saturated carbocycles. The standard InChI is InChI=1S/C26H25N3O6/c1-2-18-4-11-22(12-5-18)34-15-3-14-28-23-16-20(8-13-24(23)35-17-25(28)30)27-26(31)19-6-9-21(10-7-19)29(32)33/h4-13,16H,2-3,14-15,17H2,1H3,(H,27,31). The van der Waals surface area contributed by atoms with E-state index in [1.807, 2.05) is 24.3 Å². The van der Waals surface area contributed by atoms with E-state index in [0.29, 0.717) is 36.7 Å². The molecule has 3 aromatic carbocycles. The maximum absolute atomic E-state index is 12.6. The zero-order chi connectivity index (χ0) is 24.8. The van der Waals surface area contributed by atoms with Gasteiger partial charge in [0.1, 0.15) is 11.5 Å². The van der Waals surface area contributed by atoms with Crippen LogP contribution in [-0.2, 0) is 11.2 Å². The fourth-order valence-corrected chi connectivity index (χ4v) is 3.70. The number of carbonyl (C=O) groups excluding carboxylic acids is 2. The van der Waals surface area contributed by atoms with E-state index in [0.717, 1.165) is 12.2 Å². The summed E-state index contributed by atoms with van der Waals surface area (Å²) in [7, 11) is 0. The molecule has 9 nitrogen and oxygen atoms in total. The molecule has 35 heavy (non-hydrogen) atoms. The second-order valence-corrected chi connectivity index (χ2v) is 7.97. The first kappa shape index (κ1) is 23.7. The smallest absolute Gasteiger partial charge is 0.269 e. The molecule has 1 aliphatic rings. The van der Waals surface area contributed by atoms with E-state index in [4.69, 9.17) is 9.47 Å². The van der Waals surface area contributed by atoms with Crippen LogP contribution in [0.15, 0.2) is 66.7 Å². The Morgan fingerprint density at radius 2 is 1.86 bits per heavy atom. The van der Waals surface area contributed by atoms with Gasteiger partial charge < -0.3 is 19.7 Å². The molecular formula is C26H25N3O6. The molecule has 1 heterocycles. The third-order valence-corrected chi connectivity index (χ3v) is 5.63. The number of hydrogen-bond donors (Lipinski definition) is 1. The van der Waals surface area contributed by atoms with Crippen LogP contribution in [0.5, 0.6) is 11.5 Å². The molecule has 2 amide bonds. The number of rotatable bonds is 9. The van der Waals surface area contributed by atoms with Crippen molar-refractivity contribution in [1.29, 1.82) is 0 Å². The molecule has 1 N–H and O–H groups in total. The SMILES string of the molecule is CCc1ccc(OCCCN2C(=O)COc3ccc(NC(=O)c4ccc([N+](=O)[O-])cc4)cc32)cc1. The highest BCUT2D eigenvalue weighted by Crippen LogP contribution is 2.35. The molecule has 0 aliphatic carbocycles. The van der Waals surface area contributed by atoms with Gasteiger partial charge in [-0.3, -0.25) is 19.7 Å². The molecule has 0 atom stereocenters. The minimum atomic E-state index is -0.524. The van der Waals surface area contributed by atoms with Gasteiger partial charge in [-0.15, -0.1) is 0 Å². The molecule has 0 unspecified atom stereocenters. The van der Waals surface area contributed by atoms with Crippen molar-refractivity contribution in [2.75, 3.05) is 30.0 Å². The van der Waals surface area contributed by atoms with E-state index in [-0.39, 0.29) is 23.8 Å². The van der Waals surface area contributed by atoms with Gasteiger partial charge >= 0.3 is 0 Å². The highest BCUT2D eigenvalue weighted by Gasteiger charge is 2.26. The topological polar surface area (TPSA) is 111 Å². The number of nitro benzene ring substituents is 1. The Kier molecular flexibility index (Phi) is 7.25. The van der Waals surface area contributed by atoms with Gasteiger partial charge in [0, 0.05) is 29.9 Å². The third kappa shape index (κ3) is 5.75. The van der Waals surface area contributed by atoms with E-state index in [2.05, 4.69) is 12.2 Å². The summed E-state index contributed by atoms with van der Waals surface area (Å²) in [4.78, 5) is 37.1. The molecule has 0 bridgehead atoms. The van der Waals surface area contributed by atoms with Gasteiger partial charge in [-0.2, -0.15) is 0 Å². The summed E-state index contributed by atoms with van der Waals surface area (Å²) >= 11 is 0. The Balaban J connectivity index is 1.39. The molecule has 0 aromatic heterocycles. The largest absolute Gasteiger partial charge is 0.494 e. The lowest BCUT2D eigenvalue weighted by atomic mass is 10.1. The summed E-state index contributed by atoms with van der Waals surface area (Å²) in [6.45, 7) is 2.92. The summed E-state index contributed by atoms with van der Waals surface area (Å²) in [5.41, 5.74) is 2.47. The predicted octanol–water partition coefficient (Wildman–Crippen LogP) is 4.60. The molecule has 4 rings (SSSR count). The van der Waals surface area contributed by atoms with Gasteiger partial charge in [-0.25, -0.2) is 0 Å². The van der Waals surface area contributed by atoms with Crippen molar-refractivity contribution in [2.24, 2.45) is 0 Å². The fourth-order valence-electron chi connectivity index (χ4n) is 3.70. The van der Waals surface area contributed by atoms with Gasteiger partial charge in [-0.05, 0) is 60.9 Å². The van der Waals surface area contributed by atoms with Crippen LogP contribution >= 0.6 is 0 Å². The summed E-state index contributed by atoms with van der Waals surface area (Å²) < 4.78 is 11.3. The number of fused-ring (bicyclic) bond motifs is 1. The van der Waals surface area contributed by atoms with Crippen molar-refractivity contribution in [1.82, 2.24) is 0 Å². The fraction of sp³-hybridized carbons (Fsp3) is 0.231. The van der Waals surface area contributed by atoms with Crippen molar-refractivity contribution in [3.63, 3.8) is 0 Å². The number of carbonyl (C=O) groups is 2. The van der Waals surface area contributed by atoms with Crippen LogP contribution in [0.3, 0.4) is 0 Å². The minimum absolute atomic E-state index is 0.0547. The quantitative estimate of drug-likeness (QED) is 0.275. The summed E-state index contributed by atoms with van der Waals surface area (Å²) in [6.07, 6.45) is 1.58. The number of hydrogen-bond acceptors (Lipinski definition) is 6. The minimum Gasteiger partial charge on any atom is -0.494 e. The van der Waals surface area contributed by atoms with Crippen molar-refractivity contribution < 1.29 is 24.0 Å². The number of non-ortho nitro benzene ring substituents is 1. The normalized spacial score (nSPS) is 12.5. The van der Waals surface area contributed by atoms with Gasteiger partial charge in [0.2, 0.25) is 0 Å². The highest BCUT2D eigenvalue weighted by molar-refractivity contribution is 6.05. The van der Waals surface area contributed by atoms with Crippen LogP contribution in [0.25, 0.3) is 0 Å². The Morgan fingerprint density at radius 1 is 1.11 bits per heavy atom. The number of anilines is 2. The molecule has 0 saturated heterocycles. The highest BCUT2D eigenvalue weighted by atomic mass is 16.6. The molecule has 0 fully saturated rings. The molecule has 3 aromatic rings. The zero-order valence-electron chi connectivity index (χ0n) is 19.2. The Labute approximate surface area is 202 Å². The average molecular weight is 476 g/mol. The maximum atomic E-state index is 12.6. The number of nitro groups is 1. The lowest BCUT2D eigenvalue weighted by molar-refractivity contribution is -0.384. The Morgan fingerprint density at radius 3 is 2.54 bits per heavy atom. The number of ether oxygens (including phenoxy) is 2. The first-order valence-electron chi connectivity index (χ1n) is 11.3. The second kappa shape index (κ2) is 10.7. The van der Waals surface area contributed by atoms with Gasteiger partial charge in [0.15, 0.2) is 6.61 Å². The Bertz CT molecular complexity index is 1220. The maximum Gasteiger partial charge on any atom is 0.269 e. The van der Waals surface area contributed by atoms with E-state index < -0.39 is 10.8 Å². The van der Waals surface area contributed by atoms with E-state index in [1.54, 1.807) is 23.1 Å². The number of aryl methyl sites for hydroxylation is 1. The van der Waals surface area contributed by atoms with Crippen LogP contribution in [0.2, 0.25) is 0 Å². The number of nitrogens with zero attached hydrogens (tertiary/aromatic N) is 2. The number of amides is 2. The van der Waals surface area contributed by atoms with Crippen LogP contribution in [-0.4, -0.2) is 36.5 Å². The second-order valence-electron chi connectivity index (χ2n) is 7.97. The monoisotopic (exact) mass is 475 g/mol. The molecule has 1 aliphatic heterocycles. The van der Waals surface area contributed by atoms with Crippen molar-refractivity contribution in [3.8, 4) is 11.5 Å². The first-order valence-corrected chi connectivity index (χ1v) is 11.3. The van der Waals surface area contributed by atoms with Gasteiger partial charge in [-0.1, -0.05) is 19.1 Å². The molecule has 9 heteroatoms. The van der Waals surface area contributed by atoms with Crippen LogP contribution in [0.1, 0.15) is 29.3 Å². The van der Waals surface area contributed by atoms with E-state index >= 15 is 0 Å². The summed E-state index contributed by atoms with van der Waals surface area (Å²) in [5, 5.41) is 13.6.